The quantitative estimate of drug-likeness (QED) is 0.891. The summed E-state index contributed by atoms with van der Waals surface area (Å²) in [5.41, 5.74) is 5.87. The Hall–Kier alpha value is -0.880. The number of nitrogens with two attached hydrogens (primary N) is 1. The Bertz CT molecular complexity index is 508. The van der Waals surface area contributed by atoms with E-state index in [2.05, 4.69) is 5.32 Å². The van der Waals surface area contributed by atoms with Gasteiger partial charge in [0, 0.05) is 18.2 Å². The third-order valence-corrected chi connectivity index (χ3v) is 3.94. The molecule has 1 aliphatic heterocycles. The van der Waals surface area contributed by atoms with Crippen molar-refractivity contribution in [1.82, 2.24) is 5.32 Å². The predicted molar refractivity (Wildman–Crippen MR) is 82.2 cm³/mol. The molecule has 7 heteroatoms. The first kappa shape index (κ1) is 18.2. The molecule has 1 aromatic carbocycles. The van der Waals surface area contributed by atoms with Crippen molar-refractivity contribution in [2.45, 2.75) is 31.3 Å². The number of hydrogen-bond acceptors (Lipinski definition) is 3. The molecule has 21 heavy (non-hydrogen) atoms. The summed E-state index contributed by atoms with van der Waals surface area (Å²) in [7, 11) is 0. The van der Waals surface area contributed by atoms with E-state index in [0.29, 0.717) is 31.6 Å². The van der Waals surface area contributed by atoms with Crippen LogP contribution >= 0.6 is 24.0 Å². The van der Waals surface area contributed by atoms with Crippen molar-refractivity contribution < 1.29 is 13.9 Å². The zero-order valence-electron chi connectivity index (χ0n) is 11.7. The molecular weight excluding hydrogens is 318 g/mol. The summed E-state index contributed by atoms with van der Waals surface area (Å²) < 4.78 is 18.2. The van der Waals surface area contributed by atoms with Crippen LogP contribution in [-0.2, 0) is 9.53 Å². The van der Waals surface area contributed by atoms with Gasteiger partial charge in [-0.3, -0.25) is 4.79 Å². The minimum absolute atomic E-state index is 0. The standard InChI is InChI=1S/C14H18ClFN2O2.ClH/c1-9(11-3-2-10(16)8-12(11)15)18-13(19)14(17)4-6-20-7-5-14;/h2-3,8-9H,4-7,17H2,1H3,(H,18,19);1H. The average Bonchev–Trinajstić information content (AvgIpc) is 2.39. The Morgan fingerprint density at radius 3 is 2.67 bits per heavy atom. The smallest absolute Gasteiger partial charge is 0.240 e. The van der Waals surface area contributed by atoms with Gasteiger partial charge in [0.25, 0.3) is 0 Å². The summed E-state index contributed by atoms with van der Waals surface area (Å²) in [4.78, 5) is 12.3. The van der Waals surface area contributed by atoms with E-state index in [-0.39, 0.29) is 29.4 Å². The van der Waals surface area contributed by atoms with E-state index in [1.807, 2.05) is 0 Å². The molecule has 1 atom stereocenters. The largest absolute Gasteiger partial charge is 0.381 e. The van der Waals surface area contributed by atoms with Crippen molar-refractivity contribution in [3.63, 3.8) is 0 Å². The van der Waals surface area contributed by atoms with Crippen LogP contribution in [0.15, 0.2) is 18.2 Å². The molecule has 1 amide bonds. The van der Waals surface area contributed by atoms with Crippen LogP contribution in [0.2, 0.25) is 5.02 Å². The topological polar surface area (TPSA) is 64.4 Å². The second kappa shape index (κ2) is 7.40. The van der Waals surface area contributed by atoms with E-state index < -0.39 is 11.4 Å². The molecule has 1 aromatic rings. The molecule has 0 radical (unpaired) electrons. The van der Waals surface area contributed by atoms with E-state index in [0.717, 1.165) is 0 Å². The highest BCUT2D eigenvalue weighted by Gasteiger charge is 2.36. The van der Waals surface area contributed by atoms with Crippen LogP contribution in [0.5, 0.6) is 0 Å². The van der Waals surface area contributed by atoms with Crippen molar-refractivity contribution in [3.05, 3.63) is 34.6 Å². The zero-order valence-corrected chi connectivity index (χ0v) is 13.3. The fourth-order valence-corrected chi connectivity index (χ4v) is 2.56. The van der Waals surface area contributed by atoms with Gasteiger partial charge in [-0.2, -0.15) is 0 Å². The zero-order chi connectivity index (χ0) is 14.8. The maximum absolute atomic E-state index is 13.0. The maximum Gasteiger partial charge on any atom is 0.240 e. The number of carbonyl (C=O) groups is 1. The molecule has 0 aliphatic carbocycles. The fraction of sp³-hybridized carbons (Fsp3) is 0.500. The molecule has 1 saturated heterocycles. The van der Waals surface area contributed by atoms with Gasteiger partial charge in [-0.15, -0.1) is 12.4 Å². The molecule has 0 bridgehead atoms. The van der Waals surface area contributed by atoms with Crippen molar-refractivity contribution in [3.8, 4) is 0 Å². The van der Waals surface area contributed by atoms with E-state index in [9.17, 15) is 9.18 Å². The molecule has 2 rings (SSSR count). The van der Waals surface area contributed by atoms with Crippen LogP contribution in [0, 0.1) is 5.82 Å². The first-order valence-electron chi connectivity index (χ1n) is 6.55. The SMILES string of the molecule is CC(NC(=O)C1(N)CCOCC1)c1ccc(F)cc1Cl.Cl. The Morgan fingerprint density at radius 2 is 2.10 bits per heavy atom. The van der Waals surface area contributed by atoms with Gasteiger partial charge in [-0.05, 0) is 37.5 Å². The molecule has 0 saturated carbocycles. The van der Waals surface area contributed by atoms with E-state index in [1.54, 1.807) is 13.0 Å². The molecule has 0 spiro atoms. The Labute approximate surface area is 134 Å². The number of hydrogen-bond donors (Lipinski definition) is 2. The van der Waals surface area contributed by atoms with Gasteiger partial charge in [0.2, 0.25) is 5.91 Å². The lowest BCUT2D eigenvalue weighted by molar-refractivity contribution is -0.130. The minimum atomic E-state index is -0.904. The molecule has 3 N–H and O–H groups in total. The van der Waals surface area contributed by atoms with Crippen LogP contribution in [-0.4, -0.2) is 24.7 Å². The van der Waals surface area contributed by atoms with E-state index in [4.69, 9.17) is 22.1 Å². The maximum atomic E-state index is 13.0. The second-order valence-corrected chi connectivity index (χ2v) is 5.54. The number of ether oxygens (including phenoxy) is 1. The van der Waals surface area contributed by atoms with Crippen LogP contribution in [0.4, 0.5) is 4.39 Å². The van der Waals surface area contributed by atoms with Gasteiger partial charge in [0.05, 0.1) is 11.6 Å². The lowest BCUT2D eigenvalue weighted by Gasteiger charge is -2.33. The highest BCUT2D eigenvalue weighted by Crippen LogP contribution is 2.25. The van der Waals surface area contributed by atoms with Crippen LogP contribution in [0.25, 0.3) is 0 Å². The summed E-state index contributed by atoms with van der Waals surface area (Å²) in [6, 6.07) is 3.78. The third kappa shape index (κ3) is 4.30. The van der Waals surface area contributed by atoms with E-state index >= 15 is 0 Å². The van der Waals surface area contributed by atoms with Gasteiger partial charge in [-0.25, -0.2) is 4.39 Å². The lowest BCUT2D eigenvalue weighted by Crippen LogP contribution is -2.57. The molecule has 1 heterocycles. The van der Waals surface area contributed by atoms with Gasteiger partial charge < -0.3 is 15.8 Å². The van der Waals surface area contributed by atoms with E-state index in [1.165, 1.54) is 12.1 Å². The number of rotatable bonds is 3. The molecule has 1 unspecified atom stereocenters. The highest BCUT2D eigenvalue weighted by atomic mass is 35.5. The Kier molecular flexibility index (Phi) is 6.41. The number of benzene rings is 1. The molecule has 118 valence electrons. The molecule has 1 aliphatic rings. The number of amides is 1. The molecular formula is C14H19Cl2FN2O2. The first-order chi connectivity index (χ1) is 9.42. The monoisotopic (exact) mass is 336 g/mol. The number of carbonyl (C=O) groups excluding carboxylic acids is 1. The fourth-order valence-electron chi connectivity index (χ4n) is 2.23. The first-order valence-corrected chi connectivity index (χ1v) is 6.93. The second-order valence-electron chi connectivity index (χ2n) is 5.13. The van der Waals surface area contributed by atoms with Gasteiger partial charge in [-0.1, -0.05) is 17.7 Å². The average molecular weight is 337 g/mol. The normalized spacial score (nSPS) is 18.5. The third-order valence-electron chi connectivity index (χ3n) is 3.61. The van der Waals surface area contributed by atoms with Crippen LogP contribution in [0.1, 0.15) is 31.4 Å². The van der Waals surface area contributed by atoms with Gasteiger partial charge >= 0.3 is 0 Å². The highest BCUT2D eigenvalue weighted by molar-refractivity contribution is 6.31. The summed E-state index contributed by atoms with van der Waals surface area (Å²) in [6.07, 6.45) is 0.978. The van der Waals surface area contributed by atoms with Gasteiger partial charge in [0.15, 0.2) is 0 Å². The number of nitrogens with one attached hydrogen (secondary N) is 1. The number of halogens is 3. The van der Waals surface area contributed by atoms with Gasteiger partial charge in [0.1, 0.15) is 5.82 Å². The van der Waals surface area contributed by atoms with Crippen molar-refractivity contribution >= 4 is 29.9 Å². The summed E-state index contributed by atoms with van der Waals surface area (Å²) >= 11 is 5.99. The summed E-state index contributed by atoms with van der Waals surface area (Å²) in [5, 5.41) is 3.13. The van der Waals surface area contributed by atoms with Crippen molar-refractivity contribution in [2.24, 2.45) is 5.73 Å². The lowest BCUT2D eigenvalue weighted by atomic mass is 9.90. The van der Waals surface area contributed by atoms with Crippen LogP contribution in [0.3, 0.4) is 0 Å². The summed E-state index contributed by atoms with van der Waals surface area (Å²) in [6.45, 7) is 2.75. The Morgan fingerprint density at radius 1 is 1.48 bits per heavy atom. The molecule has 0 aromatic heterocycles. The molecule has 4 nitrogen and oxygen atoms in total. The molecule has 1 fully saturated rings. The van der Waals surface area contributed by atoms with Crippen molar-refractivity contribution in [2.75, 3.05) is 13.2 Å². The predicted octanol–water partition coefficient (Wildman–Crippen LogP) is 2.59. The summed E-state index contributed by atoms with van der Waals surface area (Å²) in [5.74, 6) is -0.634. The van der Waals surface area contributed by atoms with Crippen LogP contribution < -0.4 is 11.1 Å². The van der Waals surface area contributed by atoms with Crippen molar-refractivity contribution in [1.29, 1.82) is 0 Å². The Balaban J connectivity index is 0.00000220. The minimum Gasteiger partial charge on any atom is -0.381 e.